The first-order valence-electron chi connectivity index (χ1n) is 6.70. The molecule has 0 spiro atoms. The van der Waals surface area contributed by atoms with Gasteiger partial charge in [0.05, 0.1) is 18.0 Å². The van der Waals surface area contributed by atoms with Gasteiger partial charge in [-0.25, -0.2) is 13.4 Å². The van der Waals surface area contributed by atoms with E-state index in [-0.39, 0.29) is 11.5 Å². The van der Waals surface area contributed by atoms with E-state index in [1.165, 1.54) is 0 Å². The van der Waals surface area contributed by atoms with Crippen molar-refractivity contribution in [2.24, 2.45) is 4.99 Å². The van der Waals surface area contributed by atoms with Gasteiger partial charge in [-0.3, -0.25) is 4.98 Å². The molecule has 0 aliphatic rings. The summed E-state index contributed by atoms with van der Waals surface area (Å²) in [6, 6.07) is 5.66. The van der Waals surface area contributed by atoms with Crippen LogP contribution in [0, 0.1) is 0 Å². The van der Waals surface area contributed by atoms with Gasteiger partial charge in [0.2, 0.25) is 0 Å². The number of nitrogens with zero attached hydrogens (tertiary/aromatic N) is 2. The lowest BCUT2D eigenvalue weighted by Crippen LogP contribution is -2.39. The summed E-state index contributed by atoms with van der Waals surface area (Å²) in [7, 11) is -2.95. The summed E-state index contributed by atoms with van der Waals surface area (Å²) in [4.78, 5) is 8.55. The van der Waals surface area contributed by atoms with E-state index in [0.29, 0.717) is 25.6 Å². The highest BCUT2D eigenvalue weighted by molar-refractivity contribution is 7.91. The fraction of sp³-hybridized carbons (Fsp3) is 0.538. The Morgan fingerprint density at radius 1 is 1.30 bits per heavy atom. The van der Waals surface area contributed by atoms with Crippen molar-refractivity contribution in [3.8, 4) is 0 Å². The van der Waals surface area contributed by atoms with E-state index in [4.69, 9.17) is 0 Å². The number of pyridine rings is 1. The van der Waals surface area contributed by atoms with Crippen LogP contribution in [-0.4, -0.2) is 44.0 Å². The Balaban J connectivity index is 2.51. The second-order valence-corrected chi connectivity index (χ2v) is 6.65. The molecular formula is C13H22N4O2S. The first-order chi connectivity index (χ1) is 9.57. The van der Waals surface area contributed by atoms with Crippen molar-refractivity contribution >= 4 is 15.8 Å². The Kier molecular flexibility index (Phi) is 7.00. The molecule has 6 nitrogen and oxygen atoms in total. The molecule has 0 radical (unpaired) electrons. The van der Waals surface area contributed by atoms with Crippen molar-refractivity contribution in [2.45, 2.75) is 20.4 Å². The van der Waals surface area contributed by atoms with Crippen LogP contribution < -0.4 is 10.6 Å². The zero-order valence-corrected chi connectivity index (χ0v) is 12.8. The van der Waals surface area contributed by atoms with Gasteiger partial charge >= 0.3 is 0 Å². The standard InChI is InChI=1S/C13H22N4O2S/c1-3-14-13(16-9-10-20(18,19)4-2)17-11-12-7-5-6-8-15-12/h5-8H,3-4,9-11H2,1-2H3,(H2,14,16,17). The molecule has 1 rings (SSSR count). The second kappa shape index (κ2) is 8.52. The zero-order chi connectivity index (χ0) is 14.8. The third-order valence-corrected chi connectivity index (χ3v) is 4.32. The molecule has 112 valence electrons. The van der Waals surface area contributed by atoms with Crippen LogP contribution >= 0.6 is 0 Å². The summed E-state index contributed by atoms with van der Waals surface area (Å²) in [5, 5.41) is 6.09. The molecule has 1 aromatic heterocycles. The van der Waals surface area contributed by atoms with Gasteiger partial charge in [0, 0.05) is 25.0 Å². The average molecular weight is 298 g/mol. The van der Waals surface area contributed by atoms with Gasteiger partial charge in [0.15, 0.2) is 15.8 Å². The molecule has 20 heavy (non-hydrogen) atoms. The molecule has 1 heterocycles. The summed E-state index contributed by atoms with van der Waals surface area (Å²) in [5.41, 5.74) is 0.867. The maximum atomic E-state index is 11.4. The summed E-state index contributed by atoms with van der Waals surface area (Å²) in [5.74, 6) is 0.873. The van der Waals surface area contributed by atoms with Crippen LogP contribution in [0.3, 0.4) is 0 Å². The summed E-state index contributed by atoms with van der Waals surface area (Å²) in [6.45, 7) is 5.13. The lowest BCUT2D eigenvalue weighted by molar-refractivity contribution is 0.595. The van der Waals surface area contributed by atoms with Gasteiger partial charge in [-0.1, -0.05) is 13.0 Å². The maximum Gasteiger partial charge on any atom is 0.191 e. The van der Waals surface area contributed by atoms with Gasteiger partial charge in [0.25, 0.3) is 0 Å². The molecule has 0 saturated heterocycles. The molecule has 0 aromatic carbocycles. The number of sulfone groups is 1. The zero-order valence-electron chi connectivity index (χ0n) is 12.0. The number of hydrogen-bond acceptors (Lipinski definition) is 4. The Bertz CT molecular complexity index is 514. The largest absolute Gasteiger partial charge is 0.357 e. The van der Waals surface area contributed by atoms with Gasteiger partial charge < -0.3 is 10.6 Å². The fourth-order valence-electron chi connectivity index (χ4n) is 1.46. The van der Waals surface area contributed by atoms with Gasteiger partial charge in [-0.2, -0.15) is 0 Å². The van der Waals surface area contributed by atoms with E-state index in [9.17, 15) is 8.42 Å². The minimum Gasteiger partial charge on any atom is -0.357 e. The van der Waals surface area contributed by atoms with Gasteiger partial charge in [-0.15, -0.1) is 0 Å². The second-order valence-electron chi connectivity index (χ2n) is 4.18. The summed E-state index contributed by atoms with van der Waals surface area (Å²) < 4.78 is 22.8. The van der Waals surface area contributed by atoms with E-state index in [1.54, 1.807) is 13.1 Å². The Labute approximate surface area is 120 Å². The normalized spacial score (nSPS) is 12.2. The first kappa shape index (κ1) is 16.4. The number of rotatable bonds is 7. The van der Waals surface area contributed by atoms with E-state index in [0.717, 1.165) is 5.69 Å². The van der Waals surface area contributed by atoms with Crippen molar-refractivity contribution in [3.05, 3.63) is 30.1 Å². The number of hydrogen-bond donors (Lipinski definition) is 2. The van der Waals surface area contributed by atoms with Crippen LogP contribution in [0.1, 0.15) is 19.5 Å². The predicted octanol–water partition coefficient (Wildman–Crippen LogP) is 0.571. The third kappa shape index (κ3) is 6.51. The van der Waals surface area contributed by atoms with Crippen LogP contribution in [0.5, 0.6) is 0 Å². The maximum absolute atomic E-state index is 11.4. The Morgan fingerprint density at radius 3 is 2.70 bits per heavy atom. The lowest BCUT2D eigenvalue weighted by atomic mass is 10.3. The van der Waals surface area contributed by atoms with Crippen LogP contribution in [0.15, 0.2) is 29.4 Å². The van der Waals surface area contributed by atoms with Crippen molar-refractivity contribution in [2.75, 3.05) is 24.6 Å². The first-order valence-corrected chi connectivity index (χ1v) is 8.52. The predicted molar refractivity (Wildman–Crippen MR) is 81.4 cm³/mol. The molecule has 0 fully saturated rings. The van der Waals surface area contributed by atoms with E-state index < -0.39 is 9.84 Å². The molecule has 1 aromatic rings. The molecule has 0 unspecified atom stereocenters. The van der Waals surface area contributed by atoms with Crippen LogP contribution in [0.2, 0.25) is 0 Å². The number of aromatic nitrogens is 1. The highest BCUT2D eigenvalue weighted by Crippen LogP contribution is 1.95. The molecular weight excluding hydrogens is 276 g/mol. The van der Waals surface area contributed by atoms with Gasteiger partial charge in [-0.05, 0) is 19.1 Å². The molecule has 0 aliphatic carbocycles. The van der Waals surface area contributed by atoms with Crippen LogP contribution in [-0.2, 0) is 16.4 Å². The van der Waals surface area contributed by atoms with Crippen LogP contribution in [0.4, 0.5) is 0 Å². The molecule has 2 N–H and O–H groups in total. The Morgan fingerprint density at radius 2 is 2.10 bits per heavy atom. The quantitative estimate of drug-likeness (QED) is 0.568. The van der Waals surface area contributed by atoms with Crippen molar-refractivity contribution in [1.29, 1.82) is 0 Å². The van der Waals surface area contributed by atoms with Crippen molar-refractivity contribution < 1.29 is 8.42 Å². The fourth-order valence-corrected chi connectivity index (χ4v) is 2.16. The molecule has 7 heteroatoms. The third-order valence-electron chi connectivity index (χ3n) is 2.61. The monoisotopic (exact) mass is 298 g/mol. The van der Waals surface area contributed by atoms with E-state index in [2.05, 4.69) is 20.6 Å². The lowest BCUT2D eigenvalue weighted by Gasteiger charge is -2.11. The Hall–Kier alpha value is -1.63. The SMILES string of the molecule is CCNC(=NCc1ccccn1)NCCS(=O)(=O)CC. The highest BCUT2D eigenvalue weighted by Gasteiger charge is 2.07. The highest BCUT2D eigenvalue weighted by atomic mass is 32.2. The number of aliphatic imine (C=N–C) groups is 1. The van der Waals surface area contributed by atoms with Crippen LogP contribution in [0.25, 0.3) is 0 Å². The van der Waals surface area contributed by atoms with E-state index >= 15 is 0 Å². The van der Waals surface area contributed by atoms with E-state index in [1.807, 2.05) is 25.1 Å². The molecule has 0 atom stereocenters. The number of nitrogens with one attached hydrogen (secondary N) is 2. The summed E-state index contributed by atoms with van der Waals surface area (Å²) in [6.07, 6.45) is 1.72. The molecule has 0 aliphatic heterocycles. The minimum absolute atomic E-state index is 0.109. The smallest absolute Gasteiger partial charge is 0.191 e. The van der Waals surface area contributed by atoms with Crippen molar-refractivity contribution in [1.82, 2.24) is 15.6 Å². The molecule has 0 saturated carbocycles. The minimum atomic E-state index is -2.95. The topological polar surface area (TPSA) is 83.4 Å². The summed E-state index contributed by atoms with van der Waals surface area (Å²) >= 11 is 0. The van der Waals surface area contributed by atoms with Crippen molar-refractivity contribution in [3.63, 3.8) is 0 Å². The molecule has 0 bridgehead atoms. The number of guanidine groups is 1. The van der Waals surface area contributed by atoms with Gasteiger partial charge in [0.1, 0.15) is 0 Å². The average Bonchev–Trinajstić information content (AvgIpc) is 2.46. The molecule has 0 amide bonds.